The van der Waals surface area contributed by atoms with Crippen molar-refractivity contribution in [3.05, 3.63) is 71.3 Å². The number of hydrogen-bond acceptors (Lipinski definition) is 2. The lowest BCUT2D eigenvalue weighted by molar-refractivity contribution is 0.102. The first-order chi connectivity index (χ1) is 11.6. The fourth-order valence-electron chi connectivity index (χ4n) is 3.46. The minimum atomic E-state index is -0.0704. The van der Waals surface area contributed by atoms with Gasteiger partial charge >= 0.3 is 0 Å². The summed E-state index contributed by atoms with van der Waals surface area (Å²) in [6, 6.07) is 18.2. The van der Waals surface area contributed by atoms with E-state index in [2.05, 4.69) is 29.6 Å². The average molecular weight is 316 g/mol. The molecule has 1 aliphatic carbocycles. The first-order valence-corrected chi connectivity index (χ1v) is 8.26. The Bertz CT molecular complexity index is 916. The second kappa shape index (κ2) is 5.68. The monoisotopic (exact) mass is 316 g/mol. The van der Waals surface area contributed by atoms with Crippen LogP contribution in [0.25, 0.3) is 10.8 Å². The van der Waals surface area contributed by atoms with Crippen molar-refractivity contribution in [2.45, 2.75) is 12.8 Å². The molecule has 0 fully saturated rings. The molecule has 0 unspecified atom stereocenters. The Labute approximate surface area is 141 Å². The van der Waals surface area contributed by atoms with Crippen LogP contribution in [0, 0.1) is 0 Å². The summed E-state index contributed by atoms with van der Waals surface area (Å²) in [5.74, 6) is -0.0704. The molecule has 3 aromatic carbocycles. The normalized spacial score (nSPS) is 12.4. The minimum Gasteiger partial charge on any atom is -0.378 e. The number of carbonyl (C=O) groups is 1. The zero-order chi connectivity index (χ0) is 16.7. The van der Waals surface area contributed by atoms with Crippen LogP contribution in [0.3, 0.4) is 0 Å². The highest BCUT2D eigenvalue weighted by molar-refractivity contribution is 6.10. The van der Waals surface area contributed by atoms with Gasteiger partial charge in [-0.15, -0.1) is 0 Å². The number of anilines is 2. The van der Waals surface area contributed by atoms with Crippen molar-refractivity contribution in [2.75, 3.05) is 24.3 Å². The van der Waals surface area contributed by atoms with Gasteiger partial charge in [0.05, 0.1) is 0 Å². The van der Waals surface area contributed by atoms with E-state index in [1.54, 1.807) is 0 Å². The third-order valence-corrected chi connectivity index (χ3v) is 4.77. The van der Waals surface area contributed by atoms with Gasteiger partial charge in [0, 0.05) is 36.4 Å². The Morgan fingerprint density at radius 2 is 1.62 bits per heavy atom. The van der Waals surface area contributed by atoms with Gasteiger partial charge in [0.25, 0.3) is 5.91 Å². The Morgan fingerprint density at radius 1 is 0.917 bits per heavy atom. The molecule has 3 heteroatoms. The quantitative estimate of drug-likeness (QED) is 0.783. The van der Waals surface area contributed by atoms with Gasteiger partial charge < -0.3 is 10.2 Å². The Balaban J connectivity index is 1.66. The molecule has 1 amide bonds. The van der Waals surface area contributed by atoms with Gasteiger partial charge in [0.1, 0.15) is 0 Å². The maximum absolute atomic E-state index is 12.6. The highest BCUT2D eigenvalue weighted by Gasteiger charge is 2.17. The second-order valence-corrected chi connectivity index (χ2v) is 6.51. The van der Waals surface area contributed by atoms with Crippen LogP contribution in [0.15, 0.2) is 54.6 Å². The Hall–Kier alpha value is -2.81. The standard InChI is InChI=1S/C21H20N2O/c1-23(2)17-11-8-16(9-12-17)21(24)22-19-13-10-15-7-6-14-4-3-5-18(19)20(14)15/h3-5,8-13H,6-7H2,1-2H3,(H,22,24). The molecule has 4 rings (SSSR count). The van der Waals surface area contributed by atoms with E-state index < -0.39 is 0 Å². The topological polar surface area (TPSA) is 32.3 Å². The van der Waals surface area contributed by atoms with Crippen LogP contribution in [0.2, 0.25) is 0 Å². The third-order valence-electron chi connectivity index (χ3n) is 4.77. The number of aryl methyl sites for hydroxylation is 2. The van der Waals surface area contributed by atoms with E-state index in [-0.39, 0.29) is 5.91 Å². The molecule has 0 saturated heterocycles. The van der Waals surface area contributed by atoms with Crippen molar-refractivity contribution < 1.29 is 4.79 Å². The van der Waals surface area contributed by atoms with Crippen LogP contribution in [-0.4, -0.2) is 20.0 Å². The number of carbonyl (C=O) groups excluding carboxylic acids is 1. The molecule has 0 aromatic heterocycles. The summed E-state index contributed by atoms with van der Waals surface area (Å²) in [7, 11) is 3.98. The van der Waals surface area contributed by atoms with Crippen LogP contribution in [-0.2, 0) is 12.8 Å². The van der Waals surface area contributed by atoms with Gasteiger partial charge in [-0.25, -0.2) is 0 Å². The maximum Gasteiger partial charge on any atom is 0.255 e. The molecular weight excluding hydrogens is 296 g/mol. The van der Waals surface area contributed by atoms with Crippen molar-refractivity contribution in [3.63, 3.8) is 0 Å². The van der Waals surface area contributed by atoms with Crippen LogP contribution >= 0.6 is 0 Å². The lowest BCUT2D eigenvalue weighted by Gasteiger charge is -2.13. The molecule has 0 radical (unpaired) electrons. The van der Waals surface area contributed by atoms with Crippen molar-refractivity contribution in [3.8, 4) is 0 Å². The van der Waals surface area contributed by atoms with E-state index in [0.717, 1.165) is 29.6 Å². The zero-order valence-corrected chi connectivity index (χ0v) is 14.0. The Kier molecular flexibility index (Phi) is 3.49. The summed E-state index contributed by atoms with van der Waals surface area (Å²) in [5.41, 5.74) is 5.41. The number of nitrogens with one attached hydrogen (secondary N) is 1. The zero-order valence-electron chi connectivity index (χ0n) is 14.0. The van der Waals surface area contributed by atoms with Crippen LogP contribution in [0.1, 0.15) is 21.5 Å². The van der Waals surface area contributed by atoms with Crippen LogP contribution < -0.4 is 10.2 Å². The maximum atomic E-state index is 12.6. The summed E-state index contributed by atoms with van der Waals surface area (Å²) in [6.07, 6.45) is 2.19. The number of benzene rings is 3. The van der Waals surface area contributed by atoms with Crippen LogP contribution in [0.4, 0.5) is 11.4 Å². The first-order valence-electron chi connectivity index (χ1n) is 8.26. The number of rotatable bonds is 3. The van der Waals surface area contributed by atoms with Crippen LogP contribution in [0.5, 0.6) is 0 Å². The van der Waals surface area contributed by atoms with Crippen molar-refractivity contribution in [1.82, 2.24) is 0 Å². The SMILES string of the molecule is CN(C)c1ccc(C(=O)Nc2ccc3c4c(cccc24)CC3)cc1. The molecule has 0 aliphatic heterocycles. The van der Waals surface area contributed by atoms with Crippen molar-refractivity contribution in [2.24, 2.45) is 0 Å². The third kappa shape index (κ3) is 2.42. The van der Waals surface area contributed by atoms with E-state index >= 15 is 0 Å². The lowest BCUT2D eigenvalue weighted by Crippen LogP contribution is -2.13. The molecule has 24 heavy (non-hydrogen) atoms. The Morgan fingerprint density at radius 3 is 2.33 bits per heavy atom. The molecule has 0 heterocycles. The predicted molar refractivity (Wildman–Crippen MR) is 100 cm³/mol. The number of nitrogens with zero attached hydrogens (tertiary/aromatic N) is 1. The highest BCUT2D eigenvalue weighted by Crippen LogP contribution is 2.35. The van der Waals surface area contributed by atoms with Gasteiger partial charge in [-0.05, 0) is 59.7 Å². The van der Waals surface area contributed by atoms with E-state index in [4.69, 9.17) is 0 Å². The largest absolute Gasteiger partial charge is 0.378 e. The van der Waals surface area contributed by atoms with E-state index in [0.29, 0.717) is 5.56 Å². The smallest absolute Gasteiger partial charge is 0.255 e. The minimum absolute atomic E-state index is 0.0704. The molecule has 120 valence electrons. The van der Waals surface area contributed by atoms with E-state index in [9.17, 15) is 4.79 Å². The molecule has 0 spiro atoms. The van der Waals surface area contributed by atoms with E-state index in [1.807, 2.05) is 49.3 Å². The summed E-state index contributed by atoms with van der Waals surface area (Å²) >= 11 is 0. The highest BCUT2D eigenvalue weighted by atomic mass is 16.1. The molecule has 0 bridgehead atoms. The fourth-order valence-corrected chi connectivity index (χ4v) is 3.46. The number of hydrogen-bond donors (Lipinski definition) is 1. The molecule has 0 atom stereocenters. The first kappa shape index (κ1) is 14.8. The summed E-state index contributed by atoms with van der Waals surface area (Å²) in [4.78, 5) is 14.6. The molecule has 1 aliphatic rings. The van der Waals surface area contributed by atoms with Gasteiger partial charge in [-0.2, -0.15) is 0 Å². The van der Waals surface area contributed by atoms with Gasteiger partial charge in [0.2, 0.25) is 0 Å². The van der Waals surface area contributed by atoms with Crippen molar-refractivity contribution >= 4 is 28.1 Å². The van der Waals surface area contributed by atoms with E-state index in [1.165, 1.54) is 16.5 Å². The molecule has 3 aromatic rings. The molecule has 0 saturated carbocycles. The average Bonchev–Trinajstić information content (AvgIpc) is 3.02. The lowest BCUT2D eigenvalue weighted by atomic mass is 10.0. The van der Waals surface area contributed by atoms with Crippen molar-refractivity contribution in [1.29, 1.82) is 0 Å². The summed E-state index contributed by atoms with van der Waals surface area (Å²) < 4.78 is 0. The van der Waals surface area contributed by atoms with Gasteiger partial charge in [0.15, 0.2) is 0 Å². The van der Waals surface area contributed by atoms with Gasteiger partial charge in [-0.3, -0.25) is 4.79 Å². The molecule has 1 N–H and O–H groups in total. The predicted octanol–water partition coefficient (Wildman–Crippen LogP) is 4.26. The second-order valence-electron chi connectivity index (χ2n) is 6.51. The number of amides is 1. The van der Waals surface area contributed by atoms with Gasteiger partial charge in [-0.1, -0.05) is 24.3 Å². The molecule has 3 nitrogen and oxygen atoms in total. The fraction of sp³-hybridized carbons (Fsp3) is 0.190. The molecular formula is C21H20N2O. The summed E-state index contributed by atoms with van der Waals surface area (Å²) in [5, 5.41) is 5.54. The summed E-state index contributed by atoms with van der Waals surface area (Å²) in [6.45, 7) is 0.